The number of phenolic OH excluding ortho intramolecular Hbond substituents is 1. The van der Waals surface area contributed by atoms with Crippen molar-refractivity contribution in [3.05, 3.63) is 30.6 Å². The Morgan fingerprint density at radius 3 is 2.30 bits per heavy atom. The number of fused-ring (bicyclic) bond motifs is 1. The molecule has 2 fully saturated rings. The SMILES string of the molecule is CN1CCN(C2CCC(n3nc(-c4ccc(O)cc4)c4c(N)ncnc43)CC2)CC1. The first kappa shape index (κ1) is 19.3. The maximum absolute atomic E-state index is 9.65. The van der Waals surface area contributed by atoms with Crippen LogP contribution in [0.2, 0.25) is 0 Å². The average Bonchev–Trinajstić information content (AvgIpc) is 3.16. The van der Waals surface area contributed by atoms with Crippen LogP contribution in [0, 0.1) is 0 Å². The van der Waals surface area contributed by atoms with Crippen LogP contribution < -0.4 is 5.73 Å². The van der Waals surface area contributed by atoms with Crippen LogP contribution in [0.25, 0.3) is 22.3 Å². The number of aromatic hydroxyl groups is 1. The van der Waals surface area contributed by atoms with Gasteiger partial charge in [-0.1, -0.05) is 0 Å². The molecule has 1 aliphatic heterocycles. The lowest BCUT2D eigenvalue weighted by Crippen LogP contribution is -2.49. The van der Waals surface area contributed by atoms with E-state index < -0.39 is 0 Å². The number of hydrogen-bond donors (Lipinski definition) is 2. The second kappa shape index (κ2) is 7.85. The molecule has 30 heavy (non-hydrogen) atoms. The summed E-state index contributed by atoms with van der Waals surface area (Å²) in [4.78, 5) is 13.8. The molecule has 8 heteroatoms. The second-order valence-electron chi connectivity index (χ2n) is 8.60. The van der Waals surface area contributed by atoms with Crippen molar-refractivity contribution in [2.75, 3.05) is 39.0 Å². The van der Waals surface area contributed by atoms with Crippen LogP contribution in [-0.4, -0.2) is 73.9 Å². The third-order valence-corrected chi connectivity index (χ3v) is 6.73. The number of anilines is 1. The summed E-state index contributed by atoms with van der Waals surface area (Å²) in [5.74, 6) is 0.675. The number of aromatic nitrogens is 4. The van der Waals surface area contributed by atoms with Crippen LogP contribution in [0.5, 0.6) is 5.75 Å². The average molecular weight is 408 g/mol. The molecule has 0 amide bonds. The molecule has 0 radical (unpaired) electrons. The normalized spacial score (nSPS) is 23.8. The number of hydrogen-bond acceptors (Lipinski definition) is 7. The highest BCUT2D eigenvalue weighted by molar-refractivity contribution is 5.98. The van der Waals surface area contributed by atoms with Crippen LogP contribution in [-0.2, 0) is 0 Å². The van der Waals surface area contributed by atoms with Crippen molar-refractivity contribution in [2.24, 2.45) is 0 Å². The van der Waals surface area contributed by atoms with Gasteiger partial charge in [-0.05, 0) is 57.0 Å². The van der Waals surface area contributed by atoms with Crippen molar-refractivity contribution in [1.82, 2.24) is 29.5 Å². The van der Waals surface area contributed by atoms with Gasteiger partial charge in [0.25, 0.3) is 0 Å². The number of phenols is 1. The Labute approximate surface area is 176 Å². The van der Waals surface area contributed by atoms with E-state index in [1.807, 2.05) is 12.1 Å². The van der Waals surface area contributed by atoms with Gasteiger partial charge < -0.3 is 15.7 Å². The molecule has 5 rings (SSSR count). The number of rotatable bonds is 3. The van der Waals surface area contributed by atoms with Crippen molar-refractivity contribution in [3.8, 4) is 17.0 Å². The van der Waals surface area contributed by atoms with E-state index in [0.717, 1.165) is 48.2 Å². The van der Waals surface area contributed by atoms with E-state index in [1.165, 1.54) is 32.3 Å². The van der Waals surface area contributed by atoms with Crippen molar-refractivity contribution < 1.29 is 5.11 Å². The fourth-order valence-corrected chi connectivity index (χ4v) is 4.93. The summed E-state index contributed by atoms with van der Waals surface area (Å²) < 4.78 is 2.07. The molecule has 158 valence electrons. The Balaban J connectivity index is 1.41. The van der Waals surface area contributed by atoms with Crippen molar-refractivity contribution in [2.45, 2.75) is 37.8 Å². The highest BCUT2D eigenvalue weighted by atomic mass is 16.3. The summed E-state index contributed by atoms with van der Waals surface area (Å²) in [6, 6.07) is 8.04. The largest absolute Gasteiger partial charge is 0.508 e. The monoisotopic (exact) mass is 407 g/mol. The summed E-state index contributed by atoms with van der Waals surface area (Å²) in [6.07, 6.45) is 6.07. The van der Waals surface area contributed by atoms with Gasteiger partial charge in [0.1, 0.15) is 23.6 Å². The summed E-state index contributed by atoms with van der Waals surface area (Å²) in [5, 5.41) is 15.4. The van der Waals surface area contributed by atoms with Gasteiger partial charge >= 0.3 is 0 Å². The second-order valence-corrected chi connectivity index (χ2v) is 8.60. The Hall–Kier alpha value is -2.71. The highest BCUT2D eigenvalue weighted by Gasteiger charge is 2.30. The van der Waals surface area contributed by atoms with E-state index in [4.69, 9.17) is 10.8 Å². The summed E-state index contributed by atoms with van der Waals surface area (Å²) in [6.45, 7) is 4.67. The molecule has 3 N–H and O–H groups in total. The lowest BCUT2D eigenvalue weighted by molar-refractivity contribution is 0.0815. The summed E-state index contributed by atoms with van der Waals surface area (Å²) in [5.41, 5.74) is 8.72. The minimum Gasteiger partial charge on any atom is -0.508 e. The number of piperazine rings is 1. The maximum Gasteiger partial charge on any atom is 0.164 e. The van der Waals surface area contributed by atoms with Crippen molar-refractivity contribution in [1.29, 1.82) is 0 Å². The van der Waals surface area contributed by atoms with E-state index in [1.54, 1.807) is 12.1 Å². The van der Waals surface area contributed by atoms with Crippen LogP contribution >= 0.6 is 0 Å². The first-order valence-corrected chi connectivity index (χ1v) is 10.8. The molecule has 3 aromatic rings. The maximum atomic E-state index is 9.65. The van der Waals surface area contributed by atoms with E-state index >= 15 is 0 Å². The van der Waals surface area contributed by atoms with E-state index in [2.05, 4.69) is 31.5 Å². The standard InChI is InChI=1S/C22H29N7O/c1-27-10-12-28(13-11-27)16-4-6-17(7-5-16)29-22-19(21(23)24-14-25-22)20(26-29)15-2-8-18(30)9-3-15/h2-3,8-9,14,16-17,30H,4-7,10-13H2,1H3,(H2,23,24,25). The minimum atomic E-state index is 0.230. The lowest BCUT2D eigenvalue weighted by Gasteiger charge is -2.41. The molecule has 1 saturated heterocycles. The van der Waals surface area contributed by atoms with Crippen LogP contribution in [0.3, 0.4) is 0 Å². The molecule has 1 aromatic carbocycles. The van der Waals surface area contributed by atoms with Gasteiger partial charge in [-0.15, -0.1) is 0 Å². The molecule has 0 spiro atoms. The number of nitrogens with two attached hydrogens (primary N) is 1. The van der Waals surface area contributed by atoms with Gasteiger partial charge in [0.15, 0.2) is 5.65 Å². The Kier molecular flexibility index (Phi) is 5.04. The molecule has 3 heterocycles. The van der Waals surface area contributed by atoms with Crippen LogP contribution in [0.1, 0.15) is 31.7 Å². The number of benzene rings is 1. The lowest BCUT2D eigenvalue weighted by atomic mass is 9.90. The predicted octanol–water partition coefficient (Wildman–Crippen LogP) is 2.51. The Bertz CT molecular complexity index is 1020. The molecule has 1 aliphatic carbocycles. The molecular weight excluding hydrogens is 378 g/mol. The molecule has 2 aromatic heterocycles. The minimum absolute atomic E-state index is 0.230. The first-order valence-electron chi connectivity index (χ1n) is 10.8. The van der Waals surface area contributed by atoms with E-state index in [0.29, 0.717) is 17.9 Å². The molecule has 0 atom stereocenters. The van der Waals surface area contributed by atoms with Crippen LogP contribution in [0.4, 0.5) is 5.82 Å². The summed E-state index contributed by atoms with van der Waals surface area (Å²) in [7, 11) is 2.20. The van der Waals surface area contributed by atoms with Gasteiger partial charge in [-0.3, -0.25) is 4.90 Å². The third kappa shape index (κ3) is 3.50. The third-order valence-electron chi connectivity index (χ3n) is 6.73. The van der Waals surface area contributed by atoms with Crippen molar-refractivity contribution in [3.63, 3.8) is 0 Å². The Morgan fingerprint density at radius 1 is 0.933 bits per heavy atom. The number of nitrogens with zero attached hydrogens (tertiary/aromatic N) is 6. The molecule has 1 saturated carbocycles. The first-order chi connectivity index (χ1) is 14.6. The highest BCUT2D eigenvalue weighted by Crippen LogP contribution is 2.37. The number of nitrogen functional groups attached to an aromatic ring is 1. The van der Waals surface area contributed by atoms with Crippen LogP contribution in [0.15, 0.2) is 30.6 Å². The fourth-order valence-electron chi connectivity index (χ4n) is 4.93. The zero-order chi connectivity index (χ0) is 20.7. The summed E-state index contributed by atoms with van der Waals surface area (Å²) >= 11 is 0. The van der Waals surface area contributed by atoms with Gasteiger partial charge in [0, 0.05) is 37.8 Å². The smallest absolute Gasteiger partial charge is 0.164 e. The fraction of sp³-hybridized carbons (Fsp3) is 0.500. The quantitative estimate of drug-likeness (QED) is 0.689. The topological polar surface area (TPSA) is 96.3 Å². The predicted molar refractivity (Wildman–Crippen MR) is 117 cm³/mol. The molecular formula is C22H29N7O. The van der Waals surface area contributed by atoms with Gasteiger partial charge in [-0.2, -0.15) is 5.10 Å². The Morgan fingerprint density at radius 2 is 1.60 bits per heavy atom. The van der Waals surface area contributed by atoms with E-state index in [9.17, 15) is 5.11 Å². The molecule has 2 aliphatic rings. The molecule has 0 unspecified atom stereocenters. The van der Waals surface area contributed by atoms with Crippen molar-refractivity contribution >= 4 is 16.9 Å². The van der Waals surface area contributed by atoms with E-state index in [-0.39, 0.29) is 5.75 Å². The number of likely N-dealkylation sites (N-methyl/N-ethyl adjacent to an activating group) is 1. The van der Waals surface area contributed by atoms with Gasteiger partial charge in [0.2, 0.25) is 0 Å². The van der Waals surface area contributed by atoms with Gasteiger partial charge in [0.05, 0.1) is 11.4 Å². The van der Waals surface area contributed by atoms with Gasteiger partial charge in [-0.25, -0.2) is 14.6 Å². The molecule has 8 nitrogen and oxygen atoms in total. The zero-order valence-electron chi connectivity index (χ0n) is 17.4. The zero-order valence-corrected chi connectivity index (χ0v) is 17.4. The molecule has 0 bridgehead atoms.